The van der Waals surface area contributed by atoms with E-state index >= 15 is 0 Å². The Morgan fingerprint density at radius 1 is 1.53 bits per heavy atom. The lowest BCUT2D eigenvalue weighted by Crippen LogP contribution is -2.22. The topological polar surface area (TPSA) is 66.8 Å². The first kappa shape index (κ1) is 11.8. The molecule has 0 saturated carbocycles. The number of benzene rings is 1. The van der Waals surface area contributed by atoms with E-state index in [1.807, 2.05) is 0 Å². The molecule has 1 aromatic carbocycles. The summed E-state index contributed by atoms with van der Waals surface area (Å²) in [6.45, 7) is 4.87. The summed E-state index contributed by atoms with van der Waals surface area (Å²) >= 11 is 0. The first-order valence-electron chi connectivity index (χ1n) is 5.32. The van der Waals surface area contributed by atoms with E-state index in [0.717, 1.165) is 0 Å². The highest BCUT2D eigenvalue weighted by Crippen LogP contribution is 2.39. The third-order valence-electron chi connectivity index (χ3n) is 2.88. The Labute approximate surface area is 99.2 Å². The lowest BCUT2D eigenvalue weighted by molar-refractivity contribution is 0.0825. The molecule has 1 heterocycles. The van der Waals surface area contributed by atoms with Gasteiger partial charge in [-0.3, -0.25) is 4.79 Å². The first-order valence-corrected chi connectivity index (χ1v) is 5.32. The summed E-state index contributed by atoms with van der Waals surface area (Å²) in [5, 5.41) is 19.0. The molecule has 0 bridgehead atoms. The zero-order valence-electron chi connectivity index (χ0n) is 9.51. The van der Waals surface area contributed by atoms with Gasteiger partial charge in [-0.15, -0.1) is 0 Å². The molecule has 0 fully saturated rings. The van der Waals surface area contributed by atoms with E-state index in [1.165, 1.54) is 6.92 Å². The Balaban J connectivity index is 2.35. The van der Waals surface area contributed by atoms with Crippen molar-refractivity contribution in [1.82, 2.24) is 0 Å². The molecule has 0 radical (unpaired) electrons. The smallest absolute Gasteiger partial charge is 0.159 e. The number of carbonyl (C=O) groups is 1. The highest BCUT2D eigenvalue weighted by molar-refractivity contribution is 5.94. The molecule has 0 spiro atoms. The fraction of sp³-hybridized carbons (Fsp3) is 0.308. The third kappa shape index (κ3) is 1.97. The average molecular weight is 234 g/mol. The lowest BCUT2D eigenvalue weighted by Gasteiger charge is -2.15. The molecule has 4 heteroatoms. The molecular weight excluding hydrogens is 220 g/mol. The van der Waals surface area contributed by atoms with E-state index in [1.54, 1.807) is 18.2 Å². The normalized spacial score (nSPS) is 21.8. The van der Waals surface area contributed by atoms with Crippen LogP contribution in [-0.4, -0.2) is 28.7 Å². The fourth-order valence-corrected chi connectivity index (χ4v) is 1.87. The van der Waals surface area contributed by atoms with Crippen molar-refractivity contribution in [2.75, 3.05) is 6.61 Å². The molecule has 90 valence electrons. The zero-order chi connectivity index (χ0) is 12.6. The minimum absolute atomic E-state index is 0.0653. The van der Waals surface area contributed by atoms with Crippen molar-refractivity contribution in [3.63, 3.8) is 0 Å². The molecule has 1 aliphatic heterocycles. The molecule has 0 amide bonds. The standard InChI is InChI=1S/C13H14O4/c1-7(6-14)13-12(16)10-5-9(8(2)15)3-4-11(10)17-13/h3-5,12-14,16H,1,6H2,2H3/t12-,13-/m1/s1. The molecule has 17 heavy (non-hydrogen) atoms. The monoisotopic (exact) mass is 234 g/mol. The van der Waals surface area contributed by atoms with Gasteiger partial charge in [0.15, 0.2) is 11.9 Å². The maximum absolute atomic E-state index is 11.2. The molecular formula is C13H14O4. The van der Waals surface area contributed by atoms with Crippen LogP contribution in [0.1, 0.15) is 28.9 Å². The molecule has 2 atom stereocenters. The second-order valence-corrected chi connectivity index (χ2v) is 4.11. The van der Waals surface area contributed by atoms with E-state index in [9.17, 15) is 9.90 Å². The van der Waals surface area contributed by atoms with Gasteiger partial charge < -0.3 is 14.9 Å². The number of rotatable bonds is 3. The van der Waals surface area contributed by atoms with Crippen LogP contribution < -0.4 is 4.74 Å². The number of fused-ring (bicyclic) bond motifs is 1. The maximum atomic E-state index is 11.2. The maximum Gasteiger partial charge on any atom is 0.159 e. The summed E-state index contributed by atoms with van der Waals surface area (Å²) in [6, 6.07) is 4.92. The van der Waals surface area contributed by atoms with Gasteiger partial charge >= 0.3 is 0 Å². The van der Waals surface area contributed by atoms with Crippen LogP contribution in [0.15, 0.2) is 30.4 Å². The second kappa shape index (κ2) is 4.31. The highest BCUT2D eigenvalue weighted by Gasteiger charge is 2.34. The second-order valence-electron chi connectivity index (χ2n) is 4.11. The Bertz CT molecular complexity index is 478. The van der Waals surface area contributed by atoms with Gasteiger partial charge in [0.2, 0.25) is 0 Å². The van der Waals surface area contributed by atoms with Crippen LogP contribution in [0.5, 0.6) is 5.75 Å². The predicted molar refractivity (Wildman–Crippen MR) is 62.0 cm³/mol. The van der Waals surface area contributed by atoms with Gasteiger partial charge in [-0.1, -0.05) is 6.58 Å². The molecule has 4 nitrogen and oxygen atoms in total. The van der Waals surface area contributed by atoms with Gasteiger partial charge in [-0.2, -0.15) is 0 Å². The summed E-state index contributed by atoms with van der Waals surface area (Å²) in [5.74, 6) is 0.464. The largest absolute Gasteiger partial charge is 0.483 e. The van der Waals surface area contributed by atoms with Gasteiger partial charge in [0.1, 0.15) is 11.9 Å². The van der Waals surface area contributed by atoms with E-state index in [-0.39, 0.29) is 12.4 Å². The molecule has 0 unspecified atom stereocenters. The molecule has 0 aliphatic carbocycles. The molecule has 2 N–H and O–H groups in total. The first-order chi connectivity index (χ1) is 8.04. The summed E-state index contributed by atoms with van der Waals surface area (Å²) in [5.41, 5.74) is 1.51. The number of carbonyl (C=O) groups excluding carboxylic acids is 1. The van der Waals surface area contributed by atoms with Crippen molar-refractivity contribution >= 4 is 5.78 Å². The number of aliphatic hydroxyl groups excluding tert-OH is 2. The fourth-order valence-electron chi connectivity index (χ4n) is 1.87. The minimum atomic E-state index is -0.885. The van der Waals surface area contributed by atoms with E-state index in [0.29, 0.717) is 22.4 Å². The number of aliphatic hydroxyl groups is 2. The number of hydrogen-bond donors (Lipinski definition) is 2. The lowest BCUT2D eigenvalue weighted by atomic mass is 9.99. The number of hydrogen-bond acceptors (Lipinski definition) is 4. The van der Waals surface area contributed by atoms with E-state index < -0.39 is 12.2 Å². The van der Waals surface area contributed by atoms with Crippen molar-refractivity contribution in [1.29, 1.82) is 0 Å². The Kier molecular flexibility index (Phi) is 3.00. The number of ketones is 1. The molecule has 0 aromatic heterocycles. The highest BCUT2D eigenvalue weighted by atomic mass is 16.5. The predicted octanol–water partition coefficient (Wildman–Crippen LogP) is 1.23. The average Bonchev–Trinajstić information content (AvgIpc) is 2.65. The van der Waals surface area contributed by atoms with Crippen LogP contribution in [0.2, 0.25) is 0 Å². The van der Waals surface area contributed by atoms with Gasteiger partial charge in [-0.25, -0.2) is 0 Å². The zero-order valence-corrected chi connectivity index (χ0v) is 9.51. The van der Waals surface area contributed by atoms with Gasteiger partial charge in [0.25, 0.3) is 0 Å². The van der Waals surface area contributed by atoms with Crippen LogP contribution in [0.25, 0.3) is 0 Å². The molecule has 1 aliphatic rings. The summed E-state index contributed by atoms with van der Waals surface area (Å²) in [6.07, 6.45) is -1.53. The summed E-state index contributed by atoms with van der Waals surface area (Å²) < 4.78 is 5.49. The van der Waals surface area contributed by atoms with Gasteiger partial charge in [0, 0.05) is 11.1 Å². The van der Waals surface area contributed by atoms with Crippen LogP contribution >= 0.6 is 0 Å². The summed E-state index contributed by atoms with van der Waals surface area (Å²) in [4.78, 5) is 11.2. The van der Waals surface area contributed by atoms with Gasteiger partial charge in [-0.05, 0) is 30.7 Å². The number of ether oxygens (including phenoxy) is 1. The quantitative estimate of drug-likeness (QED) is 0.610. The van der Waals surface area contributed by atoms with Crippen LogP contribution in [-0.2, 0) is 0 Å². The van der Waals surface area contributed by atoms with Crippen LogP contribution in [0.3, 0.4) is 0 Å². The van der Waals surface area contributed by atoms with Crippen molar-refractivity contribution in [2.45, 2.75) is 19.1 Å². The Hall–Kier alpha value is -1.65. The van der Waals surface area contributed by atoms with Crippen molar-refractivity contribution in [3.8, 4) is 5.75 Å². The van der Waals surface area contributed by atoms with E-state index in [2.05, 4.69) is 6.58 Å². The van der Waals surface area contributed by atoms with Crippen LogP contribution in [0.4, 0.5) is 0 Å². The SMILES string of the molecule is C=C(CO)[C@H]1Oc2ccc(C(C)=O)cc2[C@H]1O. The third-order valence-corrected chi connectivity index (χ3v) is 2.88. The number of Topliss-reactive ketones (excluding diaryl/α,β-unsaturated/α-hetero) is 1. The van der Waals surface area contributed by atoms with Gasteiger partial charge in [0.05, 0.1) is 6.61 Å². The van der Waals surface area contributed by atoms with Crippen molar-refractivity contribution in [3.05, 3.63) is 41.5 Å². The Morgan fingerprint density at radius 2 is 2.24 bits per heavy atom. The van der Waals surface area contributed by atoms with Crippen molar-refractivity contribution < 1.29 is 19.7 Å². The molecule has 2 rings (SSSR count). The molecule has 0 saturated heterocycles. The van der Waals surface area contributed by atoms with Crippen LogP contribution in [0, 0.1) is 0 Å². The minimum Gasteiger partial charge on any atom is -0.483 e. The molecule has 1 aromatic rings. The summed E-state index contributed by atoms with van der Waals surface area (Å²) in [7, 11) is 0. The van der Waals surface area contributed by atoms with Crippen molar-refractivity contribution in [2.24, 2.45) is 0 Å². The Morgan fingerprint density at radius 3 is 2.82 bits per heavy atom. The van der Waals surface area contributed by atoms with E-state index in [4.69, 9.17) is 9.84 Å².